The Morgan fingerprint density at radius 3 is 2.53 bits per heavy atom. The fourth-order valence-corrected chi connectivity index (χ4v) is 4.88. The van der Waals surface area contributed by atoms with E-state index >= 15 is 0 Å². The molecule has 2 N–H and O–H groups in total. The summed E-state index contributed by atoms with van der Waals surface area (Å²) >= 11 is 5.84. The molecule has 1 amide bonds. The van der Waals surface area contributed by atoms with Crippen molar-refractivity contribution in [3.63, 3.8) is 0 Å². The Kier molecular flexibility index (Phi) is 5.76. The van der Waals surface area contributed by atoms with Crippen molar-refractivity contribution in [2.24, 2.45) is 0 Å². The molecular formula is C21H17ClFN3O5S. The third kappa shape index (κ3) is 4.12. The van der Waals surface area contributed by atoms with E-state index in [0.29, 0.717) is 5.56 Å². The second-order valence-electron chi connectivity index (χ2n) is 7.16. The quantitative estimate of drug-likeness (QED) is 0.586. The van der Waals surface area contributed by atoms with Crippen LogP contribution in [0.15, 0.2) is 70.5 Å². The third-order valence-corrected chi connectivity index (χ3v) is 6.81. The summed E-state index contributed by atoms with van der Waals surface area (Å²) in [5.74, 6) is -2.15. The van der Waals surface area contributed by atoms with Crippen LogP contribution < -0.4 is 10.2 Å². The molecule has 0 fully saturated rings. The molecule has 1 aliphatic rings. The first-order chi connectivity index (χ1) is 15.2. The van der Waals surface area contributed by atoms with Gasteiger partial charge in [-0.25, -0.2) is 12.8 Å². The van der Waals surface area contributed by atoms with E-state index in [0.717, 1.165) is 17.0 Å². The van der Waals surface area contributed by atoms with Gasteiger partial charge in [0.2, 0.25) is 15.5 Å². The first kappa shape index (κ1) is 22.0. The Balaban J connectivity index is 1.76. The Labute approximate surface area is 187 Å². The van der Waals surface area contributed by atoms with Crippen molar-refractivity contribution in [1.29, 1.82) is 0 Å². The van der Waals surface area contributed by atoms with Crippen LogP contribution in [-0.4, -0.2) is 35.1 Å². The third-order valence-electron chi connectivity index (χ3n) is 5.04. The van der Waals surface area contributed by atoms with Crippen molar-refractivity contribution in [2.75, 3.05) is 0 Å². The number of halogens is 2. The maximum Gasteiger partial charge on any atom is 0.276 e. The minimum absolute atomic E-state index is 0.00535. The van der Waals surface area contributed by atoms with Crippen LogP contribution >= 0.6 is 11.6 Å². The van der Waals surface area contributed by atoms with Gasteiger partial charge in [-0.15, -0.1) is 0 Å². The molecule has 1 aromatic heterocycles. The summed E-state index contributed by atoms with van der Waals surface area (Å²) in [4.78, 5) is 26.3. The van der Waals surface area contributed by atoms with Gasteiger partial charge < -0.3 is 14.6 Å². The molecule has 8 nitrogen and oxygen atoms in total. The van der Waals surface area contributed by atoms with E-state index in [1.807, 2.05) is 0 Å². The van der Waals surface area contributed by atoms with Crippen molar-refractivity contribution in [3.05, 3.63) is 93.1 Å². The number of pyridine rings is 1. The number of hydrogen-bond donors (Lipinski definition) is 2. The predicted molar refractivity (Wildman–Crippen MR) is 114 cm³/mol. The molecule has 0 saturated heterocycles. The van der Waals surface area contributed by atoms with Crippen molar-refractivity contribution in [3.8, 4) is 5.75 Å². The predicted octanol–water partition coefficient (Wildman–Crippen LogP) is 2.31. The highest BCUT2D eigenvalue weighted by atomic mass is 35.5. The highest BCUT2D eigenvalue weighted by Crippen LogP contribution is 2.26. The number of rotatable bonds is 5. The van der Waals surface area contributed by atoms with Gasteiger partial charge in [-0.3, -0.25) is 9.59 Å². The Hall–Kier alpha value is -3.21. The molecule has 0 spiro atoms. The monoisotopic (exact) mass is 477 g/mol. The molecule has 2 heterocycles. The minimum atomic E-state index is -4.01. The van der Waals surface area contributed by atoms with Gasteiger partial charge in [-0.1, -0.05) is 35.9 Å². The Bertz CT molecular complexity index is 1360. The van der Waals surface area contributed by atoms with Crippen molar-refractivity contribution >= 4 is 27.5 Å². The smallest absolute Gasteiger partial charge is 0.276 e. The zero-order valence-corrected chi connectivity index (χ0v) is 18.0. The largest absolute Gasteiger partial charge is 0.503 e. The van der Waals surface area contributed by atoms with Crippen molar-refractivity contribution < 1.29 is 22.7 Å². The van der Waals surface area contributed by atoms with Crippen molar-refractivity contribution in [2.45, 2.75) is 24.2 Å². The van der Waals surface area contributed by atoms with E-state index in [1.165, 1.54) is 35.0 Å². The fourth-order valence-electron chi connectivity index (χ4n) is 3.47. The lowest BCUT2D eigenvalue weighted by Gasteiger charge is -2.37. The highest BCUT2D eigenvalue weighted by molar-refractivity contribution is 7.89. The summed E-state index contributed by atoms with van der Waals surface area (Å²) in [6.07, 6.45) is 0.247. The SMILES string of the molecule is O=C1c2c(O)c(=O)ccn2CC(NS(=O)(=O)c2ccccc2)N1Cc1ccc(F)c(Cl)c1. The van der Waals surface area contributed by atoms with E-state index in [9.17, 15) is 27.5 Å². The van der Waals surface area contributed by atoms with Gasteiger partial charge in [-0.05, 0) is 29.8 Å². The van der Waals surface area contributed by atoms with Crippen LogP contribution in [0, 0.1) is 5.82 Å². The average Bonchev–Trinajstić information content (AvgIpc) is 2.76. The molecule has 3 aromatic rings. The van der Waals surface area contributed by atoms with E-state index in [-0.39, 0.29) is 28.7 Å². The number of amides is 1. The fraction of sp³-hybridized carbons (Fsp3) is 0.143. The molecule has 0 saturated carbocycles. The van der Waals surface area contributed by atoms with Crippen LogP contribution in [0.4, 0.5) is 4.39 Å². The standard InChI is InChI=1S/C21H17ClFN3O5S/c22-15-10-13(6-7-16(15)23)11-26-18(24-32(30,31)14-4-2-1-3-5-14)12-25-9-8-17(27)20(28)19(25)21(26)29/h1-10,18,24,28H,11-12H2. The van der Waals surface area contributed by atoms with Crippen LogP contribution in [0.5, 0.6) is 5.75 Å². The summed E-state index contributed by atoms with van der Waals surface area (Å²) in [7, 11) is -4.01. The molecule has 1 aliphatic heterocycles. The number of nitrogens with one attached hydrogen (secondary N) is 1. The molecule has 4 rings (SSSR count). The number of aromatic nitrogens is 1. The average molecular weight is 478 g/mol. The van der Waals surface area contributed by atoms with E-state index in [4.69, 9.17) is 11.6 Å². The molecule has 2 aromatic carbocycles. The van der Waals surface area contributed by atoms with Gasteiger partial charge in [0.25, 0.3) is 5.91 Å². The Morgan fingerprint density at radius 1 is 1.12 bits per heavy atom. The molecule has 166 valence electrons. The second-order valence-corrected chi connectivity index (χ2v) is 9.28. The van der Waals surface area contributed by atoms with Crippen LogP contribution in [0.1, 0.15) is 16.1 Å². The van der Waals surface area contributed by atoms with Crippen LogP contribution in [-0.2, 0) is 23.1 Å². The van der Waals surface area contributed by atoms with Crippen LogP contribution in [0.25, 0.3) is 0 Å². The lowest BCUT2D eigenvalue weighted by atomic mass is 10.1. The molecule has 0 bridgehead atoms. The number of carbonyl (C=O) groups is 1. The second kappa shape index (κ2) is 8.38. The molecule has 0 aliphatic carbocycles. The van der Waals surface area contributed by atoms with Gasteiger partial charge in [0.1, 0.15) is 12.0 Å². The maximum absolute atomic E-state index is 13.6. The van der Waals surface area contributed by atoms with Gasteiger partial charge in [0.15, 0.2) is 11.4 Å². The summed E-state index contributed by atoms with van der Waals surface area (Å²) in [5.41, 5.74) is -0.571. The van der Waals surface area contributed by atoms with Crippen LogP contribution in [0.2, 0.25) is 5.02 Å². The topological polar surface area (TPSA) is 109 Å². The first-order valence-electron chi connectivity index (χ1n) is 9.42. The number of carbonyl (C=O) groups excluding carboxylic acids is 1. The maximum atomic E-state index is 13.6. The number of nitrogens with zero attached hydrogens (tertiary/aromatic N) is 2. The Morgan fingerprint density at radius 2 is 1.84 bits per heavy atom. The lowest BCUT2D eigenvalue weighted by Crippen LogP contribution is -2.56. The molecule has 0 radical (unpaired) electrons. The molecule has 32 heavy (non-hydrogen) atoms. The lowest BCUT2D eigenvalue weighted by molar-refractivity contribution is 0.0548. The number of benzene rings is 2. The van der Waals surface area contributed by atoms with Gasteiger partial charge in [0, 0.05) is 18.8 Å². The molecule has 1 atom stereocenters. The zero-order chi connectivity index (χ0) is 23.0. The molecular weight excluding hydrogens is 461 g/mol. The summed E-state index contributed by atoms with van der Waals surface area (Å²) in [6.45, 7) is -0.223. The van der Waals surface area contributed by atoms with Crippen LogP contribution in [0.3, 0.4) is 0 Å². The summed E-state index contributed by atoms with van der Waals surface area (Å²) < 4.78 is 43.2. The first-order valence-corrected chi connectivity index (χ1v) is 11.3. The van der Waals surface area contributed by atoms with Gasteiger partial charge in [-0.2, -0.15) is 4.72 Å². The van der Waals surface area contributed by atoms with E-state index in [1.54, 1.807) is 18.2 Å². The number of fused-ring (bicyclic) bond motifs is 1. The molecule has 11 heteroatoms. The van der Waals surface area contributed by atoms with Gasteiger partial charge >= 0.3 is 0 Å². The van der Waals surface area contributed by atoms with E-state index in [2.05, 4.69) is 4.72 Å². The van der Waals surface area contributed by atoms with Gasteiger partial charge in [0.05, 0.1) is 16.5 Å². The summed E-state index contributed by atoms with van der Waals surface area (Å²) in [5, 5.41) is 10.0. The normalized spacial score (nSPS) is 16.1. The number of aromatic hydroxyl groups is 1. The van der Waals surface area contributed by atoms with E-state index < -0.39 is 39.1 Å². The number of sulfonamides is 1. The summed E-state index contributed by atoms with van der Waals surface area (Å²) in [6, 6.07) is 12.6. The minimum Gasteiger partial charge on any atom is -0.503 e. The van der Waals surface area contributed by atoms with Crippen molar-refractivity contribution in [1.82, 2.24) is 14.2 Å². The highest BCUT2D eigenvalue weighted by Gasteiger charge is 2.37. The number of hydrogen-bond acceptors (Lipinski definition) is 5. The zero-order valence-electron chi connectivity index (χ0n) is 16.4. The molecule has 1 unspecified atom stereocenters.